The lowest BCUT2D eigenvalue weighted by Gasteiger charge is -2.35. The zero-order valence-electron chi connectivity index (χ0n) is 12.6. The Bertz CT molecular complexity index is 447. The van der Waals surface area contributed by atoms with Crippen molar-refractivity contribution in [2.24, 2.45) is 11.8 Å². The van der Waals surface area contributed by atoms with E-state index in [0.29, 0.717) is 22.1 Å². The van der Waals surface area contributed by atoms with E-state index in [9.17, 15) is 0 Å². The number of hydrogen-bond donors (Lipinski definition) is 1. The summed E-state index contributed by atoms with van der Waals surface area (Å²) >= 11 is 12.1. The van der Waals surface area contributed by atoms with Gasteiger partial charge in [0.05, 0.1) is 10.0 Å². The molecule has 0 bridgehead atoms. The third kappa shape index (κ3) is 3.90. The van der Waals surface area contributed by atoms with Gasteiger partial charge >= 0.3 is 0 Å². The lowest BCUT2D eigenvalue weighted by atomic mass is 9.79. The molecule has 4 unspecified atom stereocenters. The molecule has 1 aromatic rings. The van der Waals surface area contributed by atoms with Gasteiger partial charge in [-0.15, -0.1) is 0 Å². The van der Waals surface area contributed by atoms with Gasteiger partial charge in [0.2, 0.25) is 0 Å². The minimum absolute atomic E-state index is 0.371. The number of hydrogen-bond acceptors (Lipinski definition) is 1. The predicted molar refractivity (Wildman–Crippen MR) is 88.6 cm³/mol. The lowest BCUT2D eigenvalue weighted by molar-refractivity contribution is 0.214. The fourth-order valence-electron chi connectivity index (χ4n) is 3.16. The van der Waals surface area contributed by atoms with Crippen molar-refractivity contribution in [3.05, 3.63) is 33.8 Å². The van der Waals surface area contributed by atoms with Crippen LogP contribution >= 0.6 is 23.2 Å². The summed E-state index contributed by atoms with van der Waals surface area (Å²) < 4.78 is 0. The molecule has 0 spiro atoms. The van der Waals surface area contributed by atoms with E-state index in [0.717, 1.165) is 18.3 Å². The van der Waals surface area contributed by atoms with Crippen LogP contribution in [0.5, 0.6) is 0 Å². The van der Waals surface area contributed by atoms with Crippen LogP contribution in [0.15, 0.2) is 18.2 Å². The molecule has 0 saturated heterocycles. The summed E-state index contributed by atoms with van der Waals surface area (Å²) in [5.74, 6) is 1.67. The van der Waals surface area contributed by atoms with Crippen molar-refractivity contribution in [3.8, 4) is 0 Å². The van der Waals surface area contributed by atoms with Crippen LogP contribution in [0.2, 0.25) is 10.0 Å². The molecule has 1 nitrogen and oxygen atoms in total. The van der Waals surface area contributed by atoms with E-state index in [1.54, 1.807) is 0 Å². The monoisotopic (exact) mass is 313 g/mol. The second kappa shape index (κ2) is 7.15. The van der Waals surface area contributed by atoms with Crippen LogP contribution in [0.4, 0.5) is 0 Å². The average Bonchev–Trinajstić information content (AvgIpc) is 2.43. The fraction of sp³-hybridized carbons (Fsp3) is 0.647. The minimum Gasteiger partial charge on any atom is -0.307 e. The Hall–Kier alpha value is -0.240. The first kappa shape index (κ1) is 16.1. The van der Waals surface area contributed by atoms with Gasteiger partial charge in [-0.3, -0.25) is 0 Å². The third-order valence-electron chi connectivity index (χ3n) is 4.79. The molecule has 4 atom stereocenters. The van der Waals surface area contributed by atoms with E-state index in [1.165, 1.54) is 24.8 Å². The predicted octanol–water partition coefficient (Wildman–Crippen LogP) is 5.86. The molecular weight excluding hydrogens is 289 g/mol. The van der Waals surface area contributed by atoms with E-state index in [2.05, 4.69) is 32.2 Å². The molecule has 0 aromatic heterocycles. The normalized spacial score (nSPS) is 28.4. The quantitative estimate of drug-likeness (QED) is 0.734. The van der Waals surface area contributed by atoms with Gasteiger partial charge in [0.1, 0.15) is 0 Å². The Kier molecular flexibility index (Phi) is 5.77. The highest BCUT2D eigenvalue weighted by Crippen LogP contribution is 2.32. The molecule has 0 heterocycles. The Morgan fingerprint density at radius 2 is 1.90 bits per heavy atom. The Morgan fingerprint density at radius 3 is 2.50 bits per heavy atom. The molecule has 0 amide bonds. The first-order chi connectivity index (χ1) is 9.51. The van der Waals surface area contributed by atoms with E-state index in [-0.39, 0.29) is 0 Å². The number of halogens is 2. The average molecular weight is 314 g/mol. The Morgan fingerprint density at radius 1 is 1.15 bits per heavy atom. The molecule has 1 aliphatic rings. The van der Waals surface area contributed by atoms with Crippen molar-refractivity contribution in [3.63, 3.8) is 0 Å². The van der Waals surface area contributed by atoms with Crippen LogP contribution in [0.25, 0.3) is 0 Å². The third-order valence-corrected chi connectivity index (χ3v) is 5.53. The molecule has 0 aliphatic heterocycles. The van der Waals surface area contributed by atoms with Crippen LogP contribution in [0.1, 0.15) is 58.1 Å². The van der Waals surface area contributed by atoms with Crippen molar-refractivity contribution in [1.82, 2.24) is 5.32 Å². The zero-order chi connectivity index (χ0) is 14.7. The number of nitrogens with one attached hydrogen (secondary N) is 1. The van der Waals surface area contributed by atoms with Crippen LogP contribution in [-0.2, 0) is 0 Å². The maximum Gasteiger partial charge on any atom is 0.0595 e. The Labute approximate surface area is 133 Å². The zero-order valence-corrected chi connectivity index (χ0v) is 14.1. The van der Waals surface area contributed by atoms with Crippen molar-refractivity contribution < 1.29 is 0 Å². The number of rotatable bonds is 4. The maximum absolute atomic E-state index is 6.14. The van der Waals surface area contributed by atoms with Crippen molar-refractivity contribution in [2.75, 3.05) is 0 Å². The highest BCUT2D eigenvalue weighted by molar-refractivity contribution is 6.42. The number of benzene rings is 1. The summed E-state index contributed by atoms with van der Waals surface area (Å²) in [4.78, 5) is 0. The second-order valence-electron chi connectivity index (χ2n) is 6.27. The van der Waals surface area contributed by atoms with E-state index in [4.69, 9.17) is 23.2 Å². The highest BCUT2D eigenvalue weighted by atomic mass is 35.5. The molecule has 1 aromatic carbocycles. The first-order valence-corrected chi connectivity index (χ1v) is 8.47. The Balaban J connectivity index is 2.03. The molecule has 1 N–H and O–H groups in total. The molecular formula is C17H25Cl2N. The minimum atomic E-state index is 0.371. The van der Waals surface area contributed by atoms with Crippen LogP contribution < -0.4 is 5.32 Å². The second-order valence-corrected chi connectivity index (χ2v) is 7.08. The molecule has 3 heteroatoms. The van der Waals surface area contributed by atoms with Crippen LogP contribution in [0, 0.1) is 11.8 Å². The van der Waals surface area contributed by atoms with Gasteiger partial charge in [-0.1, -0.05) is 50.0 Å². The molecule has 112 valence electrons. The van der Waals surface area contributed by atoms with Crippen molar-refractivity contribution in [1.29, 1.82) is 0 Å². The lowest BCUT2D eigenvalue weighted by Crippen LogP contribution is -2.38. The molecule has 1 fully saturated rings. The van der Waals surface area contributed by atoms with E-state index >= 15 is 0 Å². The summed E-state index contributed by atoms with van der Waals surface area (Å²) in [6, 6.07) is 6.98. The van der Waals surface area contributed by atoms with Gasteiger partial charge in [0, 0.05) is 12.1 Å². The van der Waals surface area contributed by atoms with Gasteiger partial charge in [0.15, 0.2) is 0 Å². The standard InChI is InChI=1S/C17H25Cl2N/c1-4-17(13-6-8-15(18)16(19)10-13)20-14-7-5-11(2)12(3)9-14/h6,8,10-12,14,17,20H,4-5,7,9H2,1-3H3. The summed E-state index contributed by atoms with van der Waals surface area (Å²) in [5, 5.41) is 5.10. The molecule has 2 rings (SSSR count). The molecule has 1 saturated carbocycles. The SMILES string of the molecule is CCC(NC1CCC(C)C(C)C1)c1ccc(Cl)c(Cl)c1. The summed E-state index contributed by atoms with van der Waals surface area (Å²) in [7, 11) is 0. The summed E-state index contributed by atoms with van der Waals surface area (Å²) in [5.41, 5.74) is 1.24. The smallest absolute Gasteiger partial charge is 0.0595 e. The van der Waals surface area contributed by atoms with Crippen molar-refractivity contribution in [2.45, 2.75) is 58.5 Å². The van der Waals surface area contributed by atoms with E-state index in [1.807, 2.05) is 12.1 Å². The van der Waals surface area contributed by atoms with E-state index < -0.39 is 0 Å². The highest BCUT2D eigenvalue weighted by Gasteiger charge is 2.26. The van der Waals surface area contributed by atoms with Gasteiger partial charge in [-0.2, -0.15) is 0 Å². The van der Waals surface area contributed by atoms with Gasteiger partial charge in [-0.25, -0.2) is 0 Å². The van der Waals surface area contributed by atoms with Crippen molar-refractivity contribution >= 4 is 23.2 Å². The fourth-order valence-corrected chi connectivity index (χ4v) is 3.47. The molecule has 1 aliphatic carbocycles. The summed E-state index contributed by atoms with van der Waals surface area (Å²) in [6.45, 7) is 6.96. The summed E-state index contributed by atoms with van der Waals surface area (Å²) in [6.07, 6.45) is 4.96. The molecule has 20 heavy (non-hydrogen) atoms. The van der Waals surface area contributed by atoms with Crippen LogP contribution in [-0.4, -0.2) is 6.04 Å². The first-order valence-electron chi connectivity index (χ1n) is 7.72. The van der Waals surface area contributed by atoms with Gasteiger partial charge in [-0.05, 0) is 55.2 Å². The van der Waals surface area contributed by atoms with Crippen LogP contribution in [0.3, 0.4) is 0 Å². The topological polar surface area (TPSA) is 12.0 Å². The maximum atomic E-state index is 6.14. The largest absolute Gasteiger partial charge is 0.307 e. The van der Waals surface area contributed by atoms with Gasteiger partial charge < -0.3 is 5.32 Å². The van der Waals surface area contributed by atoms with Gasteiger partial charge in [0.25, 0.3) is 0 Å². The molecule has 0 radical (unpaired) electrons.